The summed E-state index contributed by atoms with van der Waals surface area (Å²) >= 11 is 6.43. The fourth-order valence-corrected chi connectivity index (χ4v) is 4.85. The van der Waals surface area contributed by atoms with E-state index in [1.165, 1.54) is 31.4 Å². The summed E-state index contributed by atoms with van der Waals surface area (Å²) < 4.78 is 39.5. The molecule has 2 N–H and O–H groups in total. The van der Waals surface area contributed by atoms with Gasteiger partial charge in [0.1, 0.15) is 17.2 Å². The Morgan fingerprint density at radius 3 is 2.29 bits per heavy atom. The third-order valence-corrected chi connectivity index (χ3v) is 6.98. The molecule has 0 saturated heterocycles. The van der Waals surface area contributed by atoms with Gasteiger partial charge in [-0.3, -0.25) is 4.79 Å². The number of amides is 1. The molecule has 0 unspecified atom stereocenters. The number of nitrogens with zero attached hydrogens (tertiary/aromatic N) is 1. The first-order valence-electron chi connectivity index (χ1n) is 10.1. The fourth-order valence-electron chi connectivity index (χ4n) is 3.59. The molecule has 4 aromatic rings. The molecule has 1 heterocycles. The van der Waals surface area contributed by atoms with E-state index in [-0.39, 0.29) is 62.0 Å². The van der Waals surface area contributed by atoms with Crippen molar-refractivity contribution in [2.24, 2.45) is 7.05 Å². The Labute approximate surface area is 251 Å². The molecule has 35 heavy (non-hydrogen) atoms. The number of anilines is 2. The number of halogens is 1. The quantitative estimate of drug-likeness (QED) is 0.340. The first-order valence-corrected chi connectivity index (χ1v) is 12.0. The van der Waals surface area contributed by atoms with Gasteiger partial charge in [-0.15, -0.1) is 0 Å². The van der Waals surface area contributed by atoms with Crippen molar-refractivity contribution in [1.82, 2.24) is 9.29 Å². The molecule has 8 nitrogen and oxygen atoms in total. The first-order chi connectivity index (χ1) is 16.2. The summed E-state index contributed by atoms with van der Waals surface area (Å²) in [4.78, 5) is 12.9. The predicted octanol–water partition coefficient (Wildman–Crippen LogP) is 4.33. The molecule has 0 aliphatic carbocycles. The molecular formula is C24H22ClKN3O5S. The number of aromatic nitrogens is 1. The van der Waals surface area contributed by atoms with Crippen LogP contribution in [0.3, 0.4) is 0 Å². The third-order valence-electron chi connectivity index (χ3n) is 5.32. The zero-order valence-electron chi connectivity index (χ0n) is 19.6. The molecule has 3 aromatic carbocycles. The van der Waals surface area contributed by atoms with Crippen LogP contribution in [0.15, 0.2) is 71.6 Å². The summed E-state index contributed by atoms with van der Waals surface area (Å²) in [5.74, 6) is 0.412. The van der Waals surface area contributed by atoms with E-state index in [2.05, 4.69) is 10.0 Å². The second-order valence-electron chi connectivity index (χ2n) is 7.41. The van der Waals surface area contributed by atoms with E-state index in [0.717, 1.165) is 5.69 Å². The SMILES string of the molecule is COc1ccc(S(=O)(=O)NC(=O)c2cc3c(Nc4cccc(OC)c4)ccc(Cl)c3n2C)cc1.[K]. The van der Waals surface area contributed by atoms with E-state index in [1.807, 2.05) is 24.3 Å². The van der Waals surface area contributed by atoms with Crippen LogP contribution in [0.4, 0.5) is 11.4 Å². The number of rotatable bonds is 7. The number of benzene rings is 3. The third kappa shape index (κ3) is 5.86. The molecular weight excluding hydrogens is 517 g/mol. The van der Waals surface area contributed by atoms with Crippen molar-refractivity contribution in [3.05, 3.63) is 77.4 Å². The van der Waals surface area contributed by atoms with Crippen LogP contribution in [0.5, 0.6) is 11.5 Å². The van der Waals surface area contributed by atoms with Crippen molar-refractivity contribution in [3.8, 4) is 11.5 Å². The Kier molecular flexibility index (Phi) is 8.92. The second-order valence-corrected chi connectivity index (χ2v) is 9.50. The summed E-state index contributed by atoms with van der Waals surface area (Å²) in [5.41, 5.74) is 2.19. The summed E-state index contributed by atoms with van der Waals surface area (Å²) in [7, 11) is 0.622. The van der Waals surface area contributed by atoms with Crippen LogP contribution in [-0.4, -0.2) is 84.5 Å². The molecule has 177 valence electrons. The van der Waals surface area contributed by atoms with Crippen molar-refractivity contribution < 1.29 is 22.7 Å². The Balaban J connectivity index is 0.00000342. The van der Waals surface area contributed by atoms with Gasteiger partial charge in [0.25, 0.3) is 15.9 Å². The van der Waals surface area contributed by atoms with Crippen LogP contribution in [-0.2, 0) is 17.1 Å². The fraction of sp³-hybridized carbons (Fsp3) is 0.125. The summed E-state index contributed by atoms with van der Waals surface area (Å²) in [5, 5.41) is 4.38. The zero-order chi connectivity index (χ0) is 24.5. The van der Waals surface area contributed by atoms with Gasteiger partial charge in [-0.25, -0.2) is 13.1 Å². The minimum Gasteiger partial charge on any atom is -0.497 e. The molecule has 11 heteroatoms. The minimum absolute atomic E-state index is 0. The number of ether oxygens (including phenoxy) is 2. The maximum atomic E-state index is 13.0. The van der Waals surface area contributed by atoms with Crippen molar-refractivity contribution in [2.75, 3.05) is 19.5 Å². The van der Waals surface area contributed by atoms with Crippen LogP contribution in [0.2, 0.25) is 5.02 Å². The number of carbonyl (C=O) groups is 1. The summed E-state index contributed by atoms with van der Waals surface area (Å²) in [6.07, 6.45) is 0. The number of hydrogen-bond acceptors (Lipinski definition) is 6. The molecule has 1 amide bonds. The van der Waals surface area contributed by atoms with Gasteiger partial charge >= 0.3 is 0 Å². The Morgan fingerprint density at radius 2 is 1.63 bits per heavy atom. The van der Waals surface area contributed by atoms with Gasteiger partial charge in [0.2, 0.25) is 0 Å². The van der Waals surface area contributed by atoms with Crippen LogP contribution < -0.4 is 19.5 Å². The molecule has 4 rings (SSSR count). The van der Waals surface area contributed by atoms with E-state index < -0.39 is 15.9 Å². The van der Waals surface area contributed by atoms with Gasteiger partial charge in [0.05, 0.1) is 29.7 Å². The average Bonchev–Trinajstić information content (AvgIpc) is 3.19. The van der Waals surface area contributed by atoms with Gasteiger partial charge in [-0.1, -0.05) is 17.7 Å². The van der Waals surface area contributed by atoms with Crippen LogP contribution in [0.1, 0.15) is 10.5 Å². The molecule has 0 aliphatic heterocycles. The van der Waals surface area contributed by atoms with Crippen LogP contribution in [0.25, 0.3) is 10.9 Å². The van der Waals surface area contributed by atoms with Gasteiger partial charge in [-0.05, 0) is 54.6 Å². The number of fused-ring (bicyclic) bond motifs is 1. The second kappa shape index (κ2) is 11.3. The van der Waals surface area contributed by atoms with E-state index in [9.17, 15) is 13.2 Å². The van der Waals surface area contributed by atoms with E-state index in [1.54, 1.807) is 36.9 Å². The minimum atomic E-state index is -4.09. The van der Waals surface area contributed by atoms with Crippen molar-refractivity contribution >= 4 is 101 Å². The predicted molar refractivity (Wildman–Crippen MR) is 138 cm³/mol. The number of aryl methyl sites for hydroxylation is 1. The molecule has 0 bridgehead atoms. The van der Waals surface area contributed by atoms with E-state index >= 15 is 0 Å². The Bertz CT molecular complexity index is 1490. The van der Waals surface area contributed by atoms with Crippen LogP contribution >= 0.6 is 11.6 Å². The zero-order valence-corrected chi connectivity index (χ0v) is 24.3. The molecule has 0 spiro atoms. The maximum absolute atomic E-state index is 13.0. The number of sulfonamides is 1. The number of carbonyl (C=O) groups excluding carboxylic acids is 1. The molecule has 1 aromatic heterocycles. The molecule has 0 atom stereocenters. The van der Waals surface area contributed by atoms with Gasteiger partial charge in [-0.2, -0.15) is 0 Å². The van der Waals surface area contributed by atoms with Crippen molar-refractivity contribution in [1.29, 1.82) is 0 Å². The smallest absolute Gasteiger partial charge is 0.281 e. The average molecular weight is 539 g/mol. The molecule has 0 aliphatic rings. The summed E-state index contributed by atoms with van der Waals surface area (Å²) in [6.45, 7) is 0. The number of methoxy groups -OCH3 is 2. The normalized spacial score (nSPS) is 11.0. The molecule has 1 radical (unpaired) electrons. The van der Waals surface area contributed by atoms with Crippen molar-refractivity contribution in [2.45, 2.75) is 4.90 Å². The Morgan fingerprint density at radius 1 is 0.943 bits per heavy atom. The van der Waals surface area contributed by atoms with Crippen LogP contribution in [0, 0.1) is 0 Å². The van der Waals surface area contributed by atoms with Gasteiger partial charge < -0.3 is 19.4 Å². The molecule has 0 saturated carbocycles. The first kappa shape index (κ1) is 27.5. The maximum Gasteiger partial charge on any atom is 0.281 e. The largest absolute Gasteiger partial charge is 0.497 e. The monoisotopic (exact) mass is 538 g/mol. The molecule has 0 fully saturated rings. The van der Waals surface area contributed by atoms with Gasteiger partial charge in [0, 0.05) is 81.3 Å². The Hall–Kier alpha value is -2.05. The van der Waals surface area contributed by atoms with E-state index in [4.69, 9.17) is 21.1 Å². The number of hydrogen-bond donors (Lipinski definition) is 2. The standard InChI is InChI=1S/C24H22ClN3O5S.K/c1-28-22(24(29)27-34(30,31)18-9-7-16(32-2)8-10-18)14-19-21(12-11-20(25)23(19)28)26-15-5-4-6-17(13-15)33-3;/h4-14,26H,1-3H3,(H,27,29);. The summed E-state index contributed by atoms with van der Waals surface area (Å²) in [6, 6.07) is 18.2. The topological polar surface area (TPSA) is 98.7 Å². The number of nitrogens with one attached hydrogen (secondary N) is 2. The van der Waals surface area contributed by atoms with Crippen molar-refractivity contribution in [3.63, 3.8) is 0 Å². The van der Waals surface area contributed by atoms with Gasteiger partial charge in [0.15, 0.2) is 0 Å². The van der Waals surface area contributed by atoms with E-state index in [0.29, 0.717) is 33.1 Å².